The standard InChI is InChI=1S/C16H20N2O2S/c19-21(20,14-16-9-5-2-6-10-16)18-12-11-17-13-15-7-3-1-4-8-15/h1-10,17-18H,11-14H2. The molecule has 0 aliphatic heterocycles. The molecule has 0 fully saturated rings. The summed E-state index contributed by atoms with van der Waals surface area (Å²) < 4.78 is 26.4. The van der Waals surface area contributed by atoms with Gasteiger partial charge in [-0.05, 0) is 11.1 Å². The largest absolute Gasteiger partial charge is 0.311 e. The molecule has 21 heavy (non-hydrogen) atoms. The molecule has 0 saturated heterocycles. The van der Waals surface area contributed by atoms with Crippen molar-refractivity contribution in [2.75, 3.05) is 13.1 Å². The van der Waals surface area contributed by atoms with Crippen LogP contribution in [0, 0.1) is 0 Å². The van der Waals surface area contributed by atoms with Gasteiger partial charge in [0.1, 0.15) is 0 Å². The average molecular weight is 304 g/mol. The van der Waals surface area contributed by atoms with E-state index >= 15 is 0 Å². The number of sulfonamides is 1. The van der Waals surface area contributed by atoms with Crippen molar-refractivity contribution < 1.29 is 8.42 Å². The Morgan fingerprint density at radius 2 is 1.33 bits per heavy atom. The van der Waals surface area contributed by atoms with Gasteiger partial charge in [0.05, 0.1) is 5.75 Å². The van der Waals surface area contributed by atoms with Crippen LogP contribution < -0.4 is 10.0 Å². The molecule has 4 nitrogen and oxygen atoms in total. The van der Waals surface area contributed by atoms with Crippen LogP contribution in [-0.4, -0.2) is 21.5 Å². The molecular weight excluding hydrogens is 284 g/mol. The van der Waals surface area contributed by atoms with Gasteiger partial charge < -0.3 is 5.32 Å². The number of hydrogen-bond acceptors (Lipinski definition) is 3. The highest BCUT2D eigenvalue weighted by atomic mass is 32.2. The highest BCUT2D eigenvalue weighted by Gasteiger charge is 2.09. The summed E-state index contributed by atoms with van der Waals surface area (Å²) in [5.74, 6) is 0.0204. The minimum Gasteiger partial charge on any atom is -0.311 e. The third-order valence-corrected chi connectivity index (χ3v) is 4.35. The first-order chi connectivity index (χ1) is 10.2. The van der Waals surface area contributed by atoms with Crippen LogP contribution in [0.25, 0.3) is 0 Å². The first-order valence-corrected chi connectivity index (χ1v) is 8.57. The van der Waals surface area contributed by atoms with Gasteiger partial charge >= 0.3 is 0 Å². The van der Waals surface area contributed by atoms with Gasteiger partial charge in [-0.3, -0.25) is 0 Å². The van der Waals surface area contributed by atoms with Crippen LogP contribution in [0.3, 0.4) is 0 Å². The second-order valence-electron chi connectivity index (χ2n) is 4.80. The Bertz CT molecular complexity index is 628. The van der Waals surface area contributed by atoms with E-state index in [1.807, 2.05) is 60.7 Å². The van der Waals surface area contributed by atoms with Crippen LogP contribution >= 0.6 is 0 Å². The molecule has 2 aromatic carbocycles. The molecule has 0 aromatic heterocycles. The zero-order valence-electron chi connectivity index (χ0n) is 11.8. The van der Waals surface area contributed by atoms with Crippen molar-refractivity contribution >= 4 is 10.0 Å². The monoisotopic (exact) mass is 304 g/mol. The van der Waals surface area contributed by atoms with Crippen LogP contribution in [0.2, 0.25) is 0 Å². The predicted molar refractivity (Wildman–Crippen MR) is 85.2 cm³/mol. The van der Waals surface area contributed by atoms with Crippen molar-refractivity contribution in [3.05, 3.63) is 71.8 Å². The second kappa shape index (κ2) is 7.93. The minimum absolute atomic E-state index is 0.0204. The Morgan fingerprint density at radius 3 is 1.95 bits per heavy atom. The smallest absolute Gasteiger partial charge is 0.215 e. The summed E-state index contributed by atoms with van der Waals surface area (Å²) in [7, 11) is -3.27. The summed E-state index contributed by atoms with van der Waals surface area (Å²) in [6.45, 7) is 1.73. The molecular formula is C16H20N2O2S. The maximum Gasteiger partial charge on any atom is 0.215 e. The third-order valence-electron chi connectivity index (χ3n) is 3.00. The maximum atomic E-state index is 11.9. The Balaban J connectivity index is 1.68. The molecule has 0 unspecified atom stereocenters. The van der Waals surface area contributed by atoms with Crippen molar-refractivity contribution in [1.29, 1.82) is 0 Å². The van der Waals surface area contributed by atoms with Crippen LogP contribution in [0.15, 0.2) is 60.7 Å². The summed E-state index contributed by atoms with van der Waals surface area (Å²) in [5.41, 5.74) is 1.98. The van der Waals surface area contributed by atoms with Crippen molar-refractivity contribution in [1.82, 2.24) is 10.0 Å². The van der Waals surface area contributed by atoms with E-state index in [2.05, 4.69) is 10.0 Å². The van der Waals surface area contributed by atoms with E-state index in [1.165, 1.54) is 5.56 Å². The summed E-state index contributed by atoms with van der Waals surface area (Å²) in [4.78, 5) is 0. The lowest BCUT2D eigenvalue weighted by Crippen LogP contribution is -2.32. The van der Waals surface area contributed by atoms with Crippen LogP contribution in [0.1, 0.15) is 11.1 Å². The fourth-order valence-corrected chi connectivity index (χ4v) is 3.11. The Morgan fingerprint density at radius 1 is 0.762 bits per heavy atom. The molecule has 0 amide bonds. The van der Waals surface area contributed by atoms with Gasteiger partial charge in [-0.15, -0.1) is 0 Å². The van der Waals surface area contributed by atoms with E-state index < -0.39 is 10.0 Å². The van der Waals surface area contributed by atoms with Gasteiger partial charge in [-0.2, -0.15) is 0 Å². The molecule has 2 rings (SSSR count). The fraction of sp³-hybridized carbons (Fsp3) is 0.250. The highest BCUT2D eigenvalue weighted by molar-refractivity contribution is 7.88. The van der Waals surface area contributed by atoms with Crippen molar-refractivity contribution in [2.24, 2.45) is 0 Å². The van der Waals surface area contributed by atoms with E-state index in [0.717, 1.165) is 12.1 Å². The molecule has 0 radical (unpaired) electrons. The van der Waals surface area contributed by atoms with Crippen LogP contribution in [-0.2, 0) is 22.3 Å². The van der Waals surface area contributed by atoms with Gasteiger partial charge in [0.25, 0.3) is 0 Å². The van der Waals surface area contributed by atoms with E-state index in [1.54, 1.807) is 0 Å². The van der Waals surface area contributed by atoms with E-state index in [-0.39, 0.29) is 5.75 Å². The molecule has 0 heterocycles. The summed E-state index contributed by atoms with van der Waals surface area (Å²) in [6, 6.07) is 19.2. The Labute approximate surface area is 126 Å². The minimum atomic E-state index is -3.27. The second-order valence-corrected chi connectivity index (χ2v) is 6.61. The SMILES string of the molecule is O=S(=O)(Cc1ccccc1)NCCNCc1ccccc1. The zero-order valence-corrected chi connectivity index (χ0v) is 12.6. The normalized spacial score (nSPS) is 11.4. The first kappa shape index (κ1) is 15.7. The topological polar surface area (TPSA) is 58.2 Å². The molecule has 0 aliphatic rings. The highest BCUT2D eigenvalue weighted by Crippen LogP contribution is 2.03. The average Bonchev–Trinajstić information content (AvgIpc) is 2.48. The van der Waals surface area contributed by atoms with E-state index in [4.69, 9.17) is 0 Å². The molecule has 0 spiro atoms. The van der Waals surface area contributed by atoms with Crippen LogP contribution in [0.5, 0.6) is 0 Å². The van der Waals surface area contributed by atoms with Gasteiger partial charge in [-0.25, -0.2) is 13.1 Å². The van der Waals surface area contributed by atoms with Crippen molar-refractivity contribution in [2.45, 2.75) is 12.3 Å². The quantitative estimate of drug-likeness (QED) is 0.732. The maximum absolute atomic E-state index is 11.9. The molecule has 2 aromatic rings. The fourth-order valence-electron chi connectivity index (χ4n) is 1.97. The molecule has 2 N–H and O–H groups in total. The number of hydrogen-bond donors (Lipinski definition) is 2. The van der Waals surface area contributed by atoms with E-state index in [0.29, 0.717) is 13.1 Å². The van der Waals surface area contributed by atoms with E-state index in [9.17, 15) is 8.42 Å². The summed E-state index contributed by atoms with van der Waals surface area (Å²) in [5, 5.41) is 3.21. The Hall–Kier alpha value is -1.69. The lowest BCUT2D eigenvalue weighted by molar-refractivity contribution is 0.575. The van der Waals surface area contributed by atoms with Gasteiger partial charge in [0, 0.05) is 19.6 Å². The molecule has 0 aliphatic carbocycles. The molecule has 0 bridgehead atoms. The molecule has 0 saturated carbocycles. The lowest BCUT2D eigenvalue weighted by atomic mass is 10.2. The lowest BCUT2D eigenvalue weighted by Gasteiger charge is -2.08. The predicted octanol–water partition coefficient (Wildman–Crippen LogP) is 1.90. The molecule has 5 heteroatoms. The number of nitrogens with one attached hydrogen (secondary N) is 2. The van der Waals surface area contributed by atoms with Gasteiger partial charge in [-0.1, -0.05) is 60.7 Å². The molecule has 112 valence electrons. The summed E-state index contributed by atoms with van der Waals surface area (Å²) in [6.07, 6.45) is 0. The molecule has 0 atom stereocenters. The van der Waals surface area contributed by atoms with Crippen molar-refractivity contribution in [3.63, 3.8) is 0 Å². The Kier molecular flexibility index (Phi) is 5.92. The first-order valence-electron chi connectivity index (χ1n) is 6.92. The van der Waals surface area contributed by atoms with Crippen molar-refractivity contribution in [3.8, 4) is 0 Å². The van der Waals surface area contributed by atoms with Crippen LogP contribution in [0.4, 0.5) is 0 Å². The third kappa shape index (κ3) is 6.08. The van der Waals surface area contributed by atoms with Gasteiger partial charge in [0.2, 0.25) is 10.0 Å². The number of rotatable bonds is 8. The van der Waals surface area contributed by atoms with Gasteiger partial charge in [0.15, 0.2) is 0 Å². The summed E-state index contributed by atoms with van der Waals surface area (Å²) >= 11 is 0. The zero-order chi connectivity index (χ0) is 15.0. The number of benzene rings is 2.